The van der Waals surface area contributed by atoms with E-state index in [0.717, 1.165) is 30.0 Å². The fraction of sp³-hybridized carbons (Fsp3) is 0.923. The van der Waals surface area contributed by atoms with Crippen molar-refractivity contribution in [2.45, 2.75) is 62.3 Å². The lowest BCUT2D eigenvalue weighted by molar-refractivity contribution is -0.121. The standard InChI is InChI=1S/C13H22N2O4S/c14-12(17)10-6-9(16)8-15(10)20(18,19)11-7-13(11)4-2-1-3-5-13/h9-11,16H,1-8H2,(H2,14,17)/t9-,10+,11?/m1/s1. The quantitative estimate of drug-likeness (QED) is 0.764. The van der Waals surface area contributed by atoms with Crippen LogP contribution >= 0.6 is 0 Å². The van der Waals surface area contributed by atoms with Gasteiger partial charge in [-0.15, -0.1) is 0 Å². The maximum Gasteiger partial charge on any atom is 0.235 e. The monoisotopic (exact) mass is 302 g/mol. The molecule has 0 radical (unpaired) electrons. The van der Waals surface area contributed by atoms with Gasteiger partial charge in [0.2, 0.25) is 15.9 Å². The average Bonchev–Trinajstić information content (AvgIpc) is 2.92. The molecule has 1 saturated heterocycles. The first-order valence-electron chi connectivity index (χ1n) is 7.35. The average molecular weight is 302 g/mol. The second-order valence-corrected chi connectivity index (χ2v) is 8.61. The number of carbonyl (C=O) groups excluding carboxylic acids is 1. The smallest absolute Gasteiger partial charge is 0.235 e. The summed E-state index contributed by atoms with van der Waals surface area (Å²) in [4.78, 5) is 11.4. The van der Waals surface area contributed by atoms with Crippen LogP contribution < -0.4 is 5.73 Å². The largest absolute Gasteiger partial charge is 0.392 e. The number of nitrogens with zero attached hydrogens (tertiary/aromatic N) is 1. The molecule has 0 aromatic heterocycles. The molecule has 2 aliphatic carbocycles. The molecule has 2 saturated carbocycles. The fourth-order valence-corrected chi connectivity index (χ4v) is 6.66. The maximum atomic E-state index is 12.7. The highest BCUT2D eigenvalue weighted by molar-refractivity contribution is 7.90. The normalized spacial score (nSPS) is 37.1. The number of amides is 1. The summed E-state index contributed by atoms with van der Waals surface area (Å²) in [6.07, 6.45) is 5.33. The highest BCUT2D eigenvalue weighted by atomic mass is 32.2. The summed E-state index contributed by atoms with van der Waals surface area (Å²) in [6.45, 7) is 0.00250. The Hall–Kier alpha value is -0.660. The summed E-state index contributed by atoms with van der Waals surface area (Å²) in [5.41, 5.74) is 5.22. The molecule has 3 rings (SSSR count). The molecule has 0 bridgehead atoms. The van der Waals surface area contributed by atoms with Crippen molar-refractivity contribution in [1.29, 1.82) is 0 Å². The van der Waals surface area contributed by atoms with Crippen molar-refractivity contribution >= 4 is 15.9 Å². The Labute approximate surface area is 119 Å². The number of carbonyl (C=O) groups is 1. The minimum Gasteiger partial charge on any atom is -0.392 e. The first kappa shape index (κ1) is 14.3. The first-order valence-corrected chi connectivity index (χ1v) is 8.85. The highest BCUT2D eigenvalue weighted by Gasteiger charge is 2.63. The van der Waals surface area contributed by atoms with E-state index in [1.807, 2.05) is 0 Å². The van der Waals surface area contributed by atoms with Gasteiger partial charge in [0.1, 0.15) is 6.04 Å². The molecule has 1 aliphatic heterocycles. The van der Waals surface area contributed by atoms with Gasteiger partial charge in [-0.25, -0.2) is 8.42 Å². The molecule has 20 heavy (non-hydrogen) atoms. The minimum atomic E-state index is -3.53. The maximum absolute atomic E-state index is 12.7. The Bertz CT molecular complexity index is 512. The molecule has 1 unspecified atom stereocenters. The van der Waals surface area contributed by atoms with Crippen molar-refractivity contribution < 1.29 is 18.3 Å². The third-order valence-corrected chi connectivity index (χ3v) is 7.66. The number of aliphatic hydroxyl groups is 1. The molecular formula is C13H22N2O4S. The molecule has 1 spiro atoms. The van der Waals surface area contributed by atoms with Crippen molar-refractivity contribution in [3.63, 3.8) is 0 Å². The minimum absolute atomic E-state index is 0.00250. The molecule has 3 aliphatic rings. The van der Waals surface area contributed by atoms with Crippen LogP contribution in [0.3, 0.4) is 0 Å². The van der Waals surface area contributed by atoms with Crippen LogP contribution in [0.25, 0.3) is 0 Å². The number of rotatable bonds is 3. The summed E-state index contributed by atoms with van der Waals surface area (Å²) < 4.78 is 26.6. The molecule has 6 nitrogen and oxygen atoms in total. The van der Waals surface area contributed by atoms with Crippen LogP contribution in [0.15, 0.2) is 0 Å². The van der Waals surface area contributed by atoms with Gasteiger partial charge in [-0.05, 0) is 24.7 Å². The number of β-amino-alcohol motifs (C(OH)–C–C–N with tert-alkyl or cyclic N) is 1. The van der Waals surface area contributed by atoms with Crippen LogP contribution in [0.5, 0.6) is 0 Å². The lowest BCUT2D eigenvalue weighted by atomic mass is 9.86. The van der Waals surface area contributed by atoms with Gasteiger partial charge in [0.05, 0.1) is 11.4 Å². The highest BCUT2D eigenvalue weighted by Crippen LogP contribution is 2.60. The van der Waals surface area contributed by atoms with Crippen molar-refractivity contribution in [2.24, 2.45) is 11.1 Å². The third kappa shape index (κ3) is 2.16. The van der Waals surface area contributed by atoms with Gasteiger partial charge in [-0.1, -0.05) is 19.3 Å². The molecule has 0 aromatic rings. The van der Waals surface area contributed by atoms with Crippen LogP contribution in [0.1, 0.15) is 44.9 Å². The molecule has 3 N–H and O–H groups in total. The van der Waals surface area contributed by atoms with Gasteiger partial charge < -0.3 is 10.8 Å². The van der Waals surface area contributed by atoms with Gasteiger partial charge in [0.25, 0.3) is 0 Å². The van der Waals surface area contributed by atoms with E-state index in [0.29, 0.717) is 6.42 Å². The van der Waals surface area contributed by atoms with Crippen LogP contribution in [-0.4, -0.2) is 47.7 Å². The van der Waals surface area contributed by atoms with Crippen molar-refractivity contribution in [2.75, 3.05) is 6.54 Å². The summed E-state index contributed by atoms with van der Waals surface area (Å²) in [7, 11) is -3.53. The molecule has 7 heteroatoms. The Morgan fingerprint density at radius 2 is 1.90 bits per heavy atom. The van der Waals surface area contributed by atoms with Crippen molar-refractivity contribution in [1.82, 2.24) is 4.31 Å². The second kappa shape index (κ2) is 4.68. The molecule has 1 heterocycles. The lowest BCUT2D eigenvalue weighted by Crippen LogP contribution is -2.45. The third-order valence-electron chi connectivity index (χ3n) is 5.21. The van der Waals surface area contributed by atoms with E-state index in [1.54, 1.807) is 0 Å². The summed E-state index contributed by atoms with van der Waals surface area (Å²) >= 11 is 0. The molecule has 0 aromatic carbocycles. The zero-order valence-corrected chi connectivity index (χ0v) is 12.3. The van der Waals surface area contributed by atoms with E-state index in [-0.39, 0.29) is 23.6 Å². The number of hydrogen-bond acceptors (Lipinski definition) is 4. The topological polar surface area (TPSA) is 101 Å². The van der Waals surface area contributed by atoms with Gasteiger partial charge in [0, 0.05) is 13.0 Å². The van der Waals surface area contributed by atoms with Crippen LogP contribution in [-0.2, 0) is 14.8 Å². The van der Waals surface area contributed by atoms with Gasteiger partial charge in [-0.3, -0.25) is 4.79 Å². The fourth-order valence-electron chi connectivity index (χ4n) is 4.00. The van der Waals surface area contributed by atoms with E-state index >= 15 is 0 Å². The Kier molecular flexibility index (Phi) is 3.34. The molecule has 3 atom stereocenters. The number of hydrogen-bond donors (Lipinski definition) is 2. The van der Waals surface area contributed by atoms with Crippen molar-refractivity contribution in [3.8, 4) is 0 Å². The number of nitrogens with two attached hydrogens (primary N) is 1. The van der Waals surface area contributed by atoms with E-state index in [4.69, 9.17) is 5.73 Å². The van der Waals surface area contributed by atoms with Crippen LogP contribution in [0.4, 0.5) is 0 Å². The van der Waals surface area contributed by atoms with Crippen LogP contribution in [0, 0.1) is 5.41 Å². The summed E-state index contributed by atoms with van der Waals surface area (Å²) in [5, 5.41) is 9.30. The Balaban J connectivity index is 1.80. The number of sulfonamides is 1. The molecule has 1 amide bonds. The SMILES string of the molecule is NC(=O)[C@@H]1C[C@@H](O)CN1S(=O)(=O)C1CC12CCCCC2. The van der Waals surface area contributed by atoms with E-state index in [1.165, 1.54) is 6.42 Å². The van der Waals surface area contributed by atoms with Crippen LogP contribution in [0.2, 0.25) is 0 Å². The van der Waals surface area contributed by atoms with Gasteiger partial charge in [-0.2, -0.15) is 4.31 Å². The van der Waals surface area contributed by atoms with Crippen molar-refractivity contribution in [3.05, 3.63) is 0 Å². The molecule has 114 valence electrons. The summed E-state index contributed by atoms with van der Waals surface area (Å²) in [5.74, 6) is -0.663. The van der Waals surface area contributed by atoms with E-state index < -0.39 is 28.1 Å². The summed E-state index contributed by atoms with van der Waals surface area (Å²) in [6, 6.07) is -0.878. The Morgan fingerprint density at radius 1 is 1.25 bits per heavy atom. The Morgan fingerprint density at radius 3 is 2.50 bits per heavy atom. The predicted octanol–water partition coefficient (Wildman–Crippen LogP) is -0.0405. The van der Waals surface area contributed by atoms with E-state index in [2.05, 4.69) is 0 Å². The number of aliphatic hydroxyl groups excluding tert-OH is 1. The zero-order valence-electron chi connectivity index (χ0n) is 11.5. The zero-order chi connectivity index (χ0) is 14.5. The lowest BCUT2D eigenvalue weighted by Gasteiger charge is -2.26. The van der Waals surface area contributed by atoms with Gasteiger partial charge in [0.15, 0.2) is 0 Å². The second-order valence-electron chi connectivity index (χ2n) is 6.54. The van der Waals surface area contributed by atoms with E-state index in [9.17, 15) is 18.3 Å². The molecular weight excluding hydrogens is 280 g/mol. The first-order chi connectivity index (χ1) is 9.37. The van der Waals surface area contributed by atoms with Gasteiger partial charge >= 0.3 is 0 Å². The number of primary amides is 1. The predicted molar refractivity (Wildman–Crippen MR) is 73.2 cm³/mol. The molecule has 3 fully saturated rings.